The Bertz CT molecular complexity index is 330. The lowest BCUT2D eigenvalue weighted by Gasteiger charge is -2.38. The van der Waals surface area contributed by atoms with E-state index >= 15 is 0 Å². The summed E-state index contributed by atoms with van der Waals surface area (Å²) >= 11 is 0. The van der Waals surface area contributed by atoms with Crippen LogP contribution in [0.3, 0.4) is 0 Å². The van der Waals surface area contributed by atoms with E-state index in [9.17, 15) is 8.42 Å². The highest BCUT2D eigenvalue weighted by molar-refractivity contribution is 7.91. The zero-order chi connectivity index (χ0) is 11.1. The van der Waals surface area contributed by atoms with Crippen LogP contribution in [0.5, 0.6) is 0 Å². The van der Waals surface area contributed by atoms with Gasteiger partial charge in [0.1, 0.15) is 0 Å². The van der Waals surface area contributed by atoms with E-state index in [2.05, 4.69) is 11.8 Å². The van der Waals surface area contributed by atoms with Crippen molar-refractivity contribution >= 4 is 9.84 Å². The third-order valence-corrected chi connectivity index (χ3v) is 4.95. The van der Waals surface area contributed by atoms with Gasteiger partial charge in [0.2, 0.25) is 0 Å². The third-order valence-electron chi connectivity index (χ3n) is 3.21. The van der Waals surface area contributed by atoms with Crippen molar-refractivity contribution in [3.05, 3.63) is 0 Å². The summed E-state index contributed by atoms with van der Waals surface area (Å²) in [4.78, 5) is 2.18. The molecule has 0 radical (unpaired) electrons. The molecule has 15 heavy (non-hydrogen) atoms. The average Bonchev–Trinajstić information content (AvgIpc) is 2.40. The molecule has 0 bridgehead atoms. The molecule has 2 saturated heterocycles. The van der Waals surface area contributed by atoms with Gasteiger partial charge in [0.25, 0.3) is 0 Å². The number of nitrogens with two attached hydrogens (primary N) is 1. The fourth-order valence-electron chi connectivity index (χ4n) is 2.43. The first-order valence-electron chi connectivity index (χ1n) is 5.29. The van der Waals surface area contributed by atoms with Crippen molar-refractivity contribution in [2.24, 2.45) is 5.73 Å². The lowest BCUT2D eigenvalue weighted by Crippen LogP contribution is -2.55. The van der Waals surface area contributed by atoms with Crippen LogP contribution in [0, 0.1) is 0 Å². The van der Waals surface area contributed by atoms with Crippen LogP contribution in [0.1, 0.15) is 6.92 Å². The van der Waals surface area contributed by atoms with E-state index in [-0.39, 0.29) is 29.6 Å². The minimum atomic E-state index is -2.92. The number of nitrogens with zero attached hydrogens (tertiary/aromatic N) is 1. The van der Waals surface area contributed by atoms with Gasteiger partial charge in [0, 0.05) is 24.7 Å². The second-order valence-corrected chi connectivity index (χ2v) is 6.62. The van der Waals surface area contributed by atoms with E-state index in [0.717, 1.165) is 6.54 Å². The Morgan fingerprint density at radius 3 is 2.67 bits per heavy atom. The molecule has 0 spiro atoms. The van der Waals surface area contributed by atoms with Gasteiger partial charge in [0.05, 0.1) is 24.7 Å². The molecular formula is C9H18N2O3S. The van der Waals surface area contributed by atoms with Gasteiger partial charge in [-0.25, -0.2) is 8.42 Å². The number of morpholine rings is 1. The molecule has 3 unspecified atom stereocenters. The molecule has 0 aromatic carbocycles. The molecule has 3 atom stereocenters. The van der Waals surface area contributed by atoms with Crippen LogP contribution in [0.25, 0.3) is 0 Å². The van der Waals surface area contributed by atoms with Crippen LogP contribution in [-0.4, -0.2) is 62.7 Å². The highest BCUT2D eigenvalue weighted by atomic mass is 32.2. The summed E-state index contributed by atoms with van der Waals surface area (Å²) in [5.74, 6) is 0.334. The molecule has 88 valence electrons. The van der Waals surface area contributed by atoms with Gasteiger partial charge in [-0.1, -0.05) is 0 Å². The molecule has 2 rings (SSSR count). The molecule has 2 aliphatic heterocycles. The highest BCUT2D eigenvalue weighted by Gasteiger charge is 2.40. The van der Waals surface area contributed by atoms with E-state index in [4.69, 9.17) is 10.5 Å². The molecule has 0 saturated carbocycles. The Labute approximate surface area is 90.5 Å². The van der Waals surface area contributed by atoms with Crippen LogP contribution in [0.15, 0.2) is 0 Å². The molecule has 5 nitrogen and oxygen atoms in total. The summed E-state index contributed by atoms with van der Waals surface area (Å²) in [6.45, 7) is 4.18. The van der Waals surface area contributed by atoms with Crippen molar-refractivity contribution in [1.82, 2.24) is 4.90 Å². The number of sulfone groups is 1. The van der Waals surface area contributed by atoms with Crippen LogP contribution >= 0.6 is 0 Å². The van der Waals surface area contributed by atoms with Crippen molar-refractivity contribution in [3.63, 3.8) is 0 Å². The molecule has 2 N–H and O–H groups in total. The number of hydrogen-bond donors (Lipinski definition) is 1. The lowest BCUT2D eigenvalue weighted by atomic mass is 10.1. The van der Waals surface area contributed by atoms with Crippen molar-refractivity contribution in [2.45, 2.75) is 25.0 Å². The largest absolute Gasteiger partial charge is 0.379 e. The average molecular weight is 234 g/mol. The Kier molecular flexibility index (Phi) is 3.03. The summed E-state index contributed by atoms with van der Waals surface area (Å²) in [6.07, 6.45) is 0. The quantitative estimate of drug-likeness (QED) is 0.619. The molecule has 0 aromatic rings. The minimum Gasteiger partial charge on any atom is -0.379 e. The molecule has 2 aliphatic rings. The van der Waals surface area contributed by atoms with E-state index in [1.54, 1.807) is 0 Å². The standard InChI is InChI=1S/C9H18N2O3S/c1-7-4-14-3-2-11(7)9-6-15(12,13)5-8(9)10/h7-9H,2-6,10H2,1H3. The van der Waals surface area contributed by atoms with Crippen LogP contribution in [0.4, 0.5) is 0 Å². The molecule has 2 heterocycles. The Morgan fingerprint density at radius 2 is 2.13 bits per heavy atom. The van der Waals surface area contributed by atoms with Crippen LogP contribution < -0.4 is 5.73 Å². The maximum absolute atomic E-state index is 11.5. The molecule has 0 aromatic heterocycles. The summed E-state index contributed by atoms with van der Waals surface area (Å²) in [7, 11) is -2.92. The van der Waals surface area contributed by atoms with Gasteiger partial charge in [-0.3, -0.25) is 4.90 Å². The van der Waals surface area contributed by atoms with Crippen molar-refractivity contribution < 1.29 is 13.2 Å². The van der Waals surface area contributed by atoms with Gasteiger partial charge >= 0.3 is 0 Å². The first-order valence-corrected chi connectivity index (χ1v) is 7.11. The van der Waals surface area contributed by atoms with Crippen molar-refractivity contribution in [3.8, 4) is 0 Å². The van der Waals surface area contributed by atoms with Gasteiger partial charge < -0.3 is 10.5 Å². The molecule has 0 amide bonds. The zero-order valence-corrected chi connectivity index (χ0v) is 9.74. The maximum atomic E-state index is 11.5. The zero-order valence-electron chi connectivity index (χ0n) is 8.93. The molecule has 6 heteroatoms. The second kappa shape index (κ2) is 4.01. The predicted octanol–water partition coefficient (Wildman–Crippen LogP) is -1.17. The summed E-state index contributed by atoms with van der Waals surface area (Å²) in [5, 5.41) is 0. The fraction of sp³-hybridized carbons (Fsp3) is 1.00. The van der Waals surface area contributed by atoms with E-state index in [0.29, 0.717) is 13.2 Å². The topological polar surface area (TPSA) is 72.6 Å². The van der Waals surface area contributed by atoms with Gasteiger partial charge in [-0.2, -0.15) is 0 Å². The number of rotatable bonds is 1. The predicted molar refractivity (Wildman–Crippen MR) is 57.4 cm³/mol. The first kappa shape index (κ1) is 11.3. The van der Waals surface area contributed by atoms with Gasteiger partial charge in [-0.15, -0.1) is 0 Å². The highest BCUT2D eigenvalue weighted by Crippen LogP contribution is 2.20. The van der Waals surface area contributed by atoms with Crippen molar-refractivity contribution in [1.29, 1.82) is 0 Å². The maximum Gasteiger partial charge on any atom is 0.153 e. The minimum absolute atomic E-state index is 0.0195. The van der Waals surface area contributed by atoms with Crippen molar-refractivity contribution in [2.75, 3.05) is 31.3 Å². The van der Waals surface area contributed by atoms with E-state index < -0.39 is 9.84 Å². The first-order chi connectivity index (χ1) is 6.99. The number of ether oxygens (including phenoxy) is 1. The molecule has 0 aliphatic carbocycles. The molecular weight excluding hydrogens is 216 g/mol. The molecule has 2 fully saturated rings. The monoisotopic (exact) mass is 234 g/mol. The summed E-state index contributed by atoms with van der Waals surface area (Å²) in [6, 6.07) is 0.00699. The normalized spacial score (nSPS) is 41.9. The third kappa shape index (κ3) is 2.33. The van der Waals surface area contributed by atoms with E-state index in [1.807, 2.05) is 0 Å². The second-order valence-electron chi connectivity index (χ2n) is 4.47. The lowest BCUT2D eigenvalue weighted by molar-refractivity contribution is -0.0197. The van der Waals surface area contributed by atoms with Crippen LogP contribution in [-0.2, 0) is 14.6 Å². The smallest absolute Gasteiger partial charge is 0.153 e. The summed E-state index contributed by atoms with van der Waals surface area (Å²) in [5.41, 5.74) is 5.89. The number of hydrogen-bond acceptors (Lipinski definition) is 5. The SMILES string of the molecule is CC1COCCN1C1CS(=O)(=O)CC1N. The summed E-state index contributed by atoms with van der Waals surface area (Å²) < 4.78 is 28.3. The van der Waals surface area contributed by atoms with Crippen LogP contribution in [0.2, 0.25) is 0 Å². The Morgan fingerprint density at radius 1 is 1.40 bits per heavy atom. The van der Waals surface area contributed by atoms with E-state index in [1.165, 1.54) is 0 Å². The Balaban J connectivity index is 2.10. The Hall–Kier alpha value is -0.170. The van der Waals surface area contributed by atoms with Gasteiger partial charge in [-0.05, 0) is 6.92 Å². The van der Waals surface area contributed by atoms with Gasteiger partial charge in [0.15, 0.2) is 9.84 Å². The fourth-order valence-corrected chi connectivity index (χ4v) is 4.33.